The van der Waals surface area contributed by atoms with Gasteiger partial charge in [0.2, 0.25) is 5.95 Å². The quantitative estimate of drug-likeness (QED) is 0.641. The topological polar surface area (TPSA) is 138 Å². The summed E-state index contributed by atoms with van der Waals surface area (Å²) >= 11 is 0. The van der Waals surface area contributed by atoms with Crippen molar-refractivity contribution in [3.63, 3.8) is 0 Å². The second kappa shape index (κ2) is 5.09. The molecule has 26 heavy (non-hydrogen) atoms. The number of aromatic nitrogens is 4. The summed E-state index contributed by atoms with van der Waals surface area (Å²) < 4.78 is 1.05. The summed E-state index contributed by atoms with van der Waals surface area (Å²) in [6, 6.07) is 3.66. The van der Waals surface area contributed by atoms with Crippen molar-refractivity contribution in [1.82, 2.24) is 19.6 Å². The molecule has 3 aromatic rings. The minimum atomic E-state index is -1.21. The zero-order valence-electron chi connectivity index (χ0n) is 13.6. The Morgan fingerprint density at radius 1 is 1.08 bits per heavy atom. The van der Waals surface area contributed by atoms with E-state index in [4.69, 9.17) is 5.11 Å². The Kier molecular flexibility index (Phi) is 3.07. The highest BCUT2D eigenvalue weighted by Crippen LogP contribution is 2.27. The number of carbonyl (C=O) groups is 3. The molecule has 0 unspecified atom stereocenters. The van der Waals surface area contributed by atoms with Gasteiger partial charge in [0.05, 0.1) is 16.7 Å². The van der Waals surface area contributed by atoms with Gasteiger partial charge in [0.15, 0.2) is 0 Å². The van der Waals surface area contributed by atoms with E-state index in [-0.39, 0.29) is 28.4 Å². The number of imide groups is 1. The molecule has 0 saturated carbocycles. The molecule has 0 aliphatic carbocycles. The van der Waals surface area contributed by atoms with Crippen molar-refractivity contribution in [2.45, 2.75) is 13.8 Å². The van der Waals surface area contributed by atoms with E-state index in [1.54, 1.807) is 13.8 Å². The van der Waals surface area contributed by atoms with Crippen LogP contribution in [0.3, 0.4) is 0 Å². The lowest BCUT2D eigenvalue weighted by atomic mass is 10.1. The van der Waals surface area contributed by atoms with Crippen LogP contribution in [0.25, 0.3) is 5.78 Å². The molecule has 2 N–H and O–H groups in total. The fraction of sp³-hybridized carbons (Fsp3) is 0.125. The molecule has 0 atom stereocenters. The maximum absolute atomic E-state index is 12.6. The van der Waals surface area contributed by atoms with Gasteiger partial charge in [-0.1, -0.05) is 0 Å². The molecule has 0 saturated heterocycles. The normalized spacial score (nSPS) is 13.5. The number of nitrogens with one attached hydrogen (secondary N) is 1. The lowest BCUT2D eigenvalue weighted by molar-refractivity contribution is 0.0696. The molecule has 4 rings (SSSR count). The van der Waals surface area contributed by atoms with Crippen LogP contribution in [-0.4, -0.2) is 42.5 Å². The first-order chi connectivity index (χ1) is 12.3. The van der Waals surface area contributed by atoms with Gasteiger partial charge < -0.3 is 5.11 Å². The Balaban J connectivity index is 1.87. The minimum Gasteiger partial charge on any atom is -0.478 e. The van der Waals surface area contributed by atoms with E-state index in [0.29, 0.717) is 11.3 Å². The average molecular weight is 353 g/mol. The standard InChI is InChI=1S/C16H11N5O5/c1-6-7(2)17-15-18-16(19-21(15)11(6)22)20-12(23)9-4-3-8(14(25)26)5-10(9)13(20)24/h3-5H,1-2H3,(H,25,26)(H,17,18,19). The summed E-state index contributed by atoms with van der Waals surface area (Å²) in [6.45, 7) is 3.26. The minimum absolute atomic E-state index is 0.0240. The van der Waals surface area contributed by atoms with Crippen LogP contribution in [0.1, 0.15) is 42.3 Å². The third kappa shape index (κ3) is 1.98. The second-order valence-corrected chi connectivity index (χ2v) is 5.82. The van der Waals surface area contributed by atoms with Gasteiger partial charge in [0.25, 0.3) is 23.2 Å². The first-order valence-electron chi connectivity index (χ1n) is 7.51. The number of anilines is 1. The molecular formula is C16H11N5O5. The monoisotopic (exact) mass is 353 g/mol. The Hall–Kier alpha value is -3.82. The van der Waals surface area contributed by atoms with Crippen LogP contribution < -0.4 is 10.5 Å². The molecule has 0 bridgehead atoms. The third-order valence-electron chi connectivity index (χ3n) is 4.30. The molecular weight excluding hydrogens is 342 g/mol. The number of carbonyl (C=O) groups excluding carboxylic acids is 2. The smallest absolute Gasteiger partial charge is 0.335 e. The number of H-pyrrole nitrogens is 1. The van der Waals surface area contributed by atoms with Crippen molar-refractivity contribution in [3.05, 3.63) is 56.5 Å². The number of carboxylic acids is 1. The Labute approximate surface area is 144 Å². The molecule has 2 amide bonds. The summed E-state index contributed by atoms with van der Waals surface area (Å²) in [6.07, 6.45) is 0. The highest BCUT2D eigenvalue weighted by Gasteiger charge is 2.39. The summed E-state index contributed by atoms with van der Waals surface area (Å²) in [4.78, 5) is 57.5. The second-order valence-electron chi connectivity index (χ2n) is 5.82. The van der Waals surface area contributed by atoms with Crippen LogP contribution in [0, 0.1) is 13.8 Å². The molecule has 2 aromatic heterocycles. The number of nitrogens with zero attached hydrogens (tertiary/aromatic N) is 4. The van der Waals surface area contributed by atoms with Crippen LogP contribution in [0.5, 0.6) is 0 Å². The Morgan fingerprint density at radius 3 is 2.46 bits per heavy atom. The number of aromatic carboxylic acids is 1. The third-order valence-corrected chi connectivity index (χ3v) is 4.30. The number of rotatable bonds is 2. The van der Waals surface area contributed by atoms with Crippen LogP contribution in [0.4, 0.5) is 5.95 Å². The molecule has 3 heterocycles. The van der Waals surface area contributed by atoms with Crippen LogP contribution in [-0.2, 0) is 0 Å². The van der Waals surface area contributed by atoms with Gasteiger partial charge in [0, 0.05) is 11.3 Å². The zero-order valence-corrected chi connectivity index (χ0v) is 13.6. The maximum atomic E-state index is 12.6. The summed E-state index contributed by atoms with van der Waals surface area (Å²) in [5, 5.41) is 11.7. The first-order valence-corrected chi connectivity index (χ1v) is 7.51. The van der Waals surface area contributed by atoms with Gasteiger partial charge in [-0.05, 0) is 32.0 Å². The molecule has 1 aliphatic rings. The number of benzene rings is 1. The highest BCUT2D eigenvalue weighted by atomic mass is 16.4. The number of hydrogen-bond donors (Lipinski definition) is 2. The average Bonchev–Trinajstić information content (AvgIpc) is 3.12. The molecule has 0 spiro atoms. The van der Waals surface area contributed by atoms with Gasteiger partial charge >= 0.3 is 5.97 Å². The number of amides is 2. The predicted octanol–water partition coefficient (Wildman–Crippen LogP) is 0.533. The van der Waals surface area contributed by atoms with Crippen molar-refractivity contribution < 1.29 is 19.5 Å². The lowest BCUT2D eigenvalue weighted by Gasteiger charge is -2.08. The van der Waals surface area contributed by atoms with E-state index in [1.165, 1.54) is 12.1 Å². The van der Waals surface area contributed by atoms with E-state index in [2.05, 4.69) is 15.1 Å². The van der Waals surface area contributed by atoms with Crippen LogP contribution in [0.15, 0.2) is 23.0 Å². The number of aryl methyl sites for hydroxylation is 1. The van der Waals surface area contributed by atoms with E-state index in [9.17, 15) is 19.2 Å². The summed E-state index contributed by atoms with van der Waals surface area (Å²) in [5.74, 6) is -2.74. The Morgan fingerprint density at radius 2 is 1.77 bits per heavy atom. The van der Waals surface area contributed by atoms with E-state index >= 15 is 0 Å². The number of carboxylic acid groups (broad SMARTS) is 1. The fourth-order valence-corrected chi connectivity index (χ4v) is 2.76. The number of hydrogen-bond acceptors (Lipinski definition) is 6. The summed E-state index contributed by atoms with van der Waals surface area (Å²) in [7, 11) is 0. The zero-order chi connectivity index (χ0) is 18.7. The number of aromatic amines is 1. The van der Waals surface area contributed by atoms with Crippen molar-refractivity contribution >= 4 is 29.5 Å². The van der Waals surface area contributed by atoms with Crippen molar-refractivity contribution in [2.24, 2.45) is 0 Å². The fourth-order valence-electron chi connectivity index (χ4n) is 2.76. The van der Waals surface area contributed by atoms with Gasteiger partial charge in [-0.3, -0.25) is 19.5 Å². The molecule has 10 nitrogen and oxygen atoms in total. The maximum Gasteiger partial charge on any atom is 0.335 e. The van der Waals surface area contributed by atoms with Crippen molar-refractivity contribution in [3.8, 4) is 0 Å². The largest absolute Gasteiger partial charge is 0.478 e. The van der Waals surface area contributed by atoms with E-state index in [1.807, 2.05) is 0 Å². The predicted molar refractivity (Wildman–Crippen MR) is 87.6 cm³/mol. The Bertz CT molecular complexity index is 1210. The molecule has 130 valence electrons. The van der Waals surface area contributed by atoms with Crippen LogP contribution >= 0.6 is 0 Å². The van der Waals surface area contributed by atoms with Gasteiger partial charge in [-0.15, -0.1) is 0 Å². The highest BCUT2D eigenvalue weighted by molar-refractivity contribution is 6.34. The van der Waals surface area contributed by atoms with E-state index < -0.39 is 23.3 Å². The van der Waals surface area contributed by atoms with Crippen LogP contribution in [0.2, 0.25) is 0 Å². The molecule has 0 fully saturated rings. The molecule has 0 radical (unpaired) electrons. The lowest BCUT2D eigenvalue weighted by Crippen LogP contribution is -2.30. The van der Waals surface area contributed by atoms with Crippen molar-refractivity contribution in [2.75, 3.05) is 4.90 Å². The first kappa shape index (κ1) is 15.7. The van der Waals surface area contributed by atoms with Gasteiger partial charge in [-0.25, -0.2) is 14.7 Å². The van der Waals surface area contributed by atoms with E-state index in [0.717, 1.165) is 15.5 Å². The molecule has 1 aliphatic heterocycles. The van der Waals surface area contributed by atoms with Crippen molar-refractivity contribution in [1.29, 1.82) is 0 Å². The molecule has 1 aromatic carbocycles. The molecule has 10 heteroatoms. The van der Waals surface area contributed by atoms with Gasteiger partial charge in [0.1, 0.15) is 0 Å². The number of fused-ring (bicyclic) bond motifs is 2. The van der Waals surface area contributed by atoms with Gasteiger partial charge in [-0.2, -0.15) is 9.50 Å². The SMILES string of the molecule is Cc1nc2nc(N3C(=O)c4ccc(C(=O)O)cc4C3=O)[nH]n2c(=O)c1C. The summed E-state index contributed by atoms with van der Waals surface area (Å²) in [5.41, 5.74) is 0.417.